The van der Waals surface area contributed by atoms with Crippen LogP contribution in [-0.4, -0.2) is 30.4 Å². The van der Waals surface area contributed by atoms with Crippen LogP contribution in [0.3, 0.4) is 0 Å². The van der Waals surface area contributed by atoms with Gasteiger partial charge in [-0.1, -0.05) is 6.92 Å². The average Bonchev–Trinajstić information content (AvgIpc) is 3.18. The quantitative estimate of drug-likeness (QED) is 0.592. The molecule has 2 amide bonds. The number of rotatable bonds is 8. The van der Waals surface area contributed by atoms with Crippen LogP contribution in [0.4, 0.5) is 0 Å². The van der Waals surface area contributed by atoms with Crippen molar-refractivity contribution in [1.82, 2.24) is 10.6 Å². The van der Waals surface area contributed by atoms with E-state index in [1.807, 2.05) is 13.8 Å². The molecule has 0 radical (unpaired) electrons. The predicted octanol–water partition coefficient (Wildman–Crippen LogP) is 0.536. The summed E-state index contributed by atoms with van der Waals surface area (Å²) in [7, 11) is 0. The summed E-state index contributed by atoms with van der Waals surface area (Å²) in [5.74, 6) is 0.356. The Morgan fingerprint density at radius 2 is 1.89 bits per heavy atom. The van der Waals surface area contributed by atoms with Gasteiger partial charge in [0.25, 0.3) is 0 Å². The molecule has 1 aliphatic rings. The number of nitrogens with two attached hydrogens (primary N) is 1. The molecule has 0 aromatic rings. The van der Waals surface area contributed by atoms with Gasteiger partial charge in [0.2, 0.25) is 11.8 Å². The molecule has 0 aromatic heterocycles. The largest absolute Gasteiger partial charge is 0.356 e. The summed E-state index contributed by atoms with van der Waals surface area (Å²) in [6.07, 6.45) is 3.65. The number of hydrogen-bond acceptors (Lipinski definition) is 3. The predicted molar refractivity (Wildman–Crippen MR) is 70.9 cm³/mol. The molecule has 1 rings (SSSR count). The van der Waals surface area contributed by atoms with Gasteiger partial charge < -0.3 is 16.4 Å². The first-order chi connectivity index (χ1) is 8.51. The molecule has 0 aromatic carbocycles. The molecule has 1 aliphatic carbocycles. The van der Waals surface area contributed by atoms with E-state index in [-0.39, 0.29) is 30.2 Å². The van der Waals surface area contributed by atoms with Crippen molar-refractivity contribution in [3.8, 4) is 0 Å². The first kappa shape index (κ1) is 15.0. The first-order valence-electron chi connectivity index (χ1n) is 6.79. The summed E-state index contributed by atoms with van der Waals surface area (Å²) < 4.78 is 0. The molecule has 1 atom stereocenters. The maximum Gasteiger partial charge on any atom is 0.220 e. The zero-order chi connectivity index (χ0) is 13.6. The summed E-state index contributed by atoms with van der Waals surface area (Å²) in [6, 6.07) is 0. The molecular weight excluding hydrogens is 230 g/mol. The minimum Gasteiger partial charge on any atom is -0.356 e. The Balaban J connectivity index is 2.26. The van der Waals surface area contributed by atoms with Gasteiger partial charge in [-0.25, -0.2) is 0 Å². The molecule has 1 unspecified atom stereocenters. The fourth-order valence-corrected chi connectivity index (χ4v) is 2.00. The van der Waals surface area contributed by atoms with E-state index in [4.69, 9.17) is 5.73 Å². The SMILES string of the molecule is CCCNC(=O)CCC(=O)NC(C)(CN)C1CC1. The summed E-state index contributed by atoms with van der Waals surface area (Å²) >= 11 is 0. The van der Waals surface area contributed by atoms with E-state index in [1.54, 1.807) is 0 Å². The monoisotopic (exact) mass is 255 g/mol. The molecule has 1 fully saturated rings. The third kappa shape index (κ3) is 4.64. The highest BCUT2D eigenvalue weighted by atomic mass is 16.2. The van der Waals surface area contributed by atoms with Crippen LogP contribution >= 0.6 is 0 Å². The topological polar surface area (TPSA) is 84.2 Å². The highest BCUT2D eigenvalue weighted by Gasteiger charge is 2.41. The summed E-state index contributed by atoms with van der Waals surface area (Å²) in [5, 5.41) is 5.73. The lowest BCUT2D eigenvalue weighted by Crippen LogP contribution is -2.53. The van der Waals surface area contributed by atoms with Crippen LogP contribution in [0.1, 0.15) is 46.0 Å². The van der Waals surface area contributed by atoms with Crippen molar-refractivity contribution < 1.29 is 9.59 Å². The van der Waals surface area contributed by atoms with Gasteiger partial charge in [0, 0.05) is 25.9 Å². The standard InChI is InChI=1S/C13H25N3O2/c1-3-8-15-11(17)6-7-12(18)16-13(2,9-14)10-4-5-10/h10H,3-9,14H2,1-2H3,(H,15,17)(H,16,18). The second-order valence-corrected chi connectivity index (χ2v) is 5.29. The van der Waals surface area contributed by atoms with Crippen LogP contribution in [0.15, 0.2) is 0 Å². The molecule has 104 valence electrons. The fourth-order valence-electron chi connectivity index (χ4n) is 2.00. The zero-order valence-electron chi connectivity index (χ0n) is 11.4. The van der Waals surface area contributed by atoms with Gasteiger partial charge in [0.1, 0.15) is 0 Å². The molecule has 0 heterocycles. The summed E-state index contributed by atoms with van der Waals surface area (Å²) in [5.41, 5.74) is 5.43. The van der Waals surface area contributed by atoms with Crippen LogP contribution < -0.4 is 16.4 Å². The zero-order valence-corrected chi connectivity index (χ0v) is 11.4. The molecule has 4 N–H and O–H groups in total. The van der Waals surface area contributed by atoms with Crippen molar-refractivity contribution in [2.24, 2.45) is 11.7 Å². The maximum atomic E-state index is 11.8. The van der Waals surface area contributed by atoms with Gasteiger partial charge in [-0.3, -0.25) is 9.59 Å². The Kier molecular flexibility index (Phi) is 5.59. The van der Waals surface area contributed by atoms with Crippen molar-refractivity contribution in [2.45, 2.75) is 51.5 Å². The number of amides is 2. The fraction of sp³-hybridized carbons (Fsp3) is 0.846. The molecule has 1 saturated carbocycles. The van der Waals surface area contributed by atoms with Crippen molar-refractivity contribution in [1.29, 1.82) is 0 Å². The number of nitrogens with one attached hydrogen (secondary N) is 2. The minimum absolute atomic E-state index is 0.0622. The van der Waals surface area contributed by atoms with Crippen LogP contribution in [0.25, 0.3) is 0 Å². The summed E-state index contributed by atoms with van der Waals surface area (Å²) in [4.78, 5) is 23.2. The van der Waals surface area contributed by atoms with E-state index >= 15 is 0 Å². The summed E-state index contributed by atoms with van der Waals surface area (Å²) in [6.45, 7) is 5.10. The van der Waals surface area contributed by atoms with Crippen LogP contribution in [0, 0.1) is 5.92 Å². The number of carbonyl (C=O) groups is 2. The third-order valence-corrected chi connectivity index (χ3v) is 3.48. The van der Waals surface area contributed by atoms with Crippen molar-refractivity contribution in [3.05, 3.63) is 0 Å². The molecule has 0 spiro atoms. The molecule has 18 heavy (non-hydrogen) atoms. The Labute approximate surface area is 109 Å². The second-order valence-electron chi connectivity index (χ2n) is 5.29. The number of carbonyl (C=O) groups excluding carboxylic acids is 2. The van der Waals surface area contributed by atoms with Gasteiger partial charge in [-0.05, 0) is 32.1 Å². The highest BCUT2D eigenvalue weighted by molar-refractivity contribution is 5.84. The normalized spacial score (nSPS) is 17.9. The van der Waals surface area contributed by atoms with E-state index in [9.17, 15) is 9.59 Å². The Bertz CT molecular complexity index is 303. The van der Waals surface area contributed by atoms with E-state index in [0.717, 1.165) is 19.3 Å². The maximum absolute atomic E-state index is 11.8. The molecule has 5 nitrogen and oxygen atoms in total. The molecule has 0 bridgehead atoms. The van der Waals surface area contributed by atoms with Crippen molar-refractivity contribution in [2.75, 3.05) is 13.1 Å². The lowest BCUT2D eigenvalue weighted by Gasteiger charge is -2.29. The number of hydrogen-bond donors (Lipinski definition) is 3. The van der Waals surface area contributed by atoms with Crippen LogP contribution in [0.2, 0.25) is 0 Å². The minimum atomic E-state index is -0.295. The van der Waals surface area contributed by atoms with Gasteiger partial charge in [0.05, 0.1) is 5.54 Å². The Hall–Kier alpha value is -1.10. The Morgan fingerprint density at radius 1 is 1.28 bits per heavy atom. The average molecular weight is 255 g/mol. The molecule has 0 saturated heterocycles. The van der Waals surface area contributed by atoms with E-state index in [1.165, 1.54) is 0 Å². The van der Waals surface area contributed by atoms with Crippen LogP contribution in [0.5, 0.6) is 0 Å². The second kappa shape index (κ2) is 6.73. The van der Waals surface area contributed by atoms with Crippen molar-refractivity contribution in [3.63, 3.8) is 0 Å². The van der Waals surface area contributed by atoms with E-state index in [2.05, 4.69) is 10.6 Å². The highest BCUT2D eigenvalue weighted by Crippen LogP contribution is 2.38. The molecular formula is C13H25N3O2. The van der Waals surface area contributed by atoms with Gasteiger partial charge in [-0.2, -0.15) is 0 Å². The third-order valence-electron chi connectivity index (χ3n) is 3.48. The van der Waals surface area contributed by atoms with Crippen molar-refractivity contribution >= 4 is 11.8 Å². The van der Waals surface area contributed by atoms with Gasteiger partial charge >= 0.3 is 0 Å². The van der Waals surface area contributed by atoms with Gasteiger partial charge in [0.15, 0.2) is 0 Å². The lowest BCUT2D eigenvalue weighted by atomic mass is 9.95. The van der Waals surface area contributed by atoms with Crippen LogP contribution in [-0.2, 0) is 9.59 Å². The Morgan fingerprint density at radius 3 is 2.39 bits per heavy atom. The lowest BCUT2D eigenvalue weighted by molar-refractivity contribution is -0.127. The molecule has 5 heteroatoms. The van der Waals surface area contributed by atoms with Gasteiger partial charge in [-0.15, -0.1) is 0 Å². The van der Waals surface area contributed by atoms with E-state index in [0.29, 0.717) is 19.0 Å². The smallest absolute Gasteiger partial charge is 0.220 e. The molecule has 0 aliphatic heterocycles. The first-order valence-corrected chi connectivity index (χ1v) is 6.79. The van der Waals surface area contributed by atoms with E-state index < -0.39 is 0 Å².